The highest BCUT2D eigenvalue weighted by Gasteiger charge is 2.32. The van der Waals surface area contributed by atoms with Gasteiger partial charge in [0.2, 0.25) is 0 Å². The SMILES string of the molecule is O=C(NCc1ccccc1C(F)(F)F)c1ccc(F)cc1F. The van der Waals surface area contributed by atoms with Crippen LogP contribution >= 0.6 is 0 Å². The summed E-state index contributed by atoms with van der Waals surface area (Å²) in [5.74, 6) is -2.85. The molecule has 1 amide bonds. The molecule has 0 saturated heterocycles. The lowest BCUT2D eigenvalue weighted by Gasteiger charge is -2.13. The summed E-state index contributed by atoms with van der Waals surface area (Å²) in [6.45, 7) is -0.425. The van der Waals surface area contributed by atoms with Crippen LogP contribution in [0.1, 0.15) is 21.5 Å². The number of alkyl halides is 3. The Labute approximate surface area is 122 Å². The summed E-state index contributed by atoms with van der Waals surface area (Å²) >= 11 is 0. The van der Waals surface area contributed by atoms with E-state index in [1.807, 2.05) is 0 Å². The molecule has 0 aliphatic rings. The largest absolute Gasteiger partial charge is 0.416 e. The maximum atomic E-state index is 13.4. The van der Waals surface area contributed by atoms with Crippen LogP contribution < -0.4 is 5.32 Å². The normalized spacial score (nSPS) is 11.3. The van der Waals surface area contributed by atoms with Crippen LogP contribution in [0.3, 0.4) is 0 Å². The van der Waals surface area contributed by atoms with Crippen LogP contribution in [-0.2, 0) is 12.7 Å². The van der Waals surface area contributed by atoms with Crippen molar-refractivity contribution in [2.75, 3.05) is 0 Å². The minimum absolute atomic E-state index is 0.147. The Bertz CT molecular complexity index is 697. The third-order valence-corrected chi connectivity index (χ3v) is 2.94. The van der Waals surface area contributed by atoms with Crippen molar-refractivity contribution in [3.63, 3.8) is 0 Å². The molecule has 2 nitrogen and oxygen atoms in total. The zero-order chi connectivity index (χ0) is 16.3. The second-order valence-corrected chi connectivity index (χ2v) is 4.46. The van der Waals surface area contributed by atoms with E-state index in [1.165, 1.54) is 18.2 Å². The molecular weight excluding hydrogens is 305 g/mol. The van der Waals surface area contributed by atoms with E-state index < -0.39 is 41.4 Å². The number of carbonyl (C=O) groups is 1. The van der Waals surface area contributed by atoms with Gasteiger partial charge in [-0.2, -0.15) is 13.2 Å². The molecule has 0 fully saturated rings. The summed E-state index contributed by atoms with van der Waals surface area (Å²) in [5.41, 5.74) is -1.47. The Balaban J connectivity index is 2.15. The lowest BCUT2D eigenvalue weighted by Crippen LogP contribution is -2.25. The molecule has 1 N–H and O–H groups in total. The molecule has 0 atom stereocenters. The second kappa shape index (κ2) is 6.13. The third kappa shape index (κ3) is 3.60. The van der Waals surface area contributed by atoms with E-state index in [0.29, 0.717) is 6.07 Å². The first-order valence-corrected chi connectivity index (χ1v) is 6.17. The maximum absolute atomic E-state index is 13.4. The number of amides is 1. The van der Waals surface area contributed by atoms with Crippen molar-refractivity contribution < 1.29 is 26.7 Å². The highest BCUT2D eigenvalue weighted by atomic mass is 19.4. The fraction of sp³-hybridized carbons (Fsp3) is 0.133. The predicted octanol–water partition coefficient (Wildman–Crippen LogP) is 3.91. The van der Waals surface area contributed by atoms with Gasteiger partial charge in [-0.05, 0) is 23.8 Å². The summed E-state index contributed by atoms with van der Waals surface area (Å²) in [7, 11) is 0. The van der Waals surface area contributed by atoms with Crippen LogP contribution in [0.2, 0.25) is 0 Å². The van der Waals surface area contributed by atoms with Gasteiger partial charge in [-0.15, -0.1) is 0 Å². The molecule has 0 aliphatic heterocycles. The van der Waals surface area contributed by atoms with Gasteiger partial charge < -0.3 is 5.32 Å². The Hall–Kier alpha value is -2.44. The quantitative estimate of drug-likeness (QED) is 0.855. The average molecular weight is 315 g/mol. The van der Waals surface area contributed by atoms with Crippen molar-refractivity contribution in [2.24, 2.45) is 0 Å². The van der Waals surface area contributed by atoms with Gasteiger partial charge in [0.1, 0.15) is 11.6 Å². The van der Waals surface area contributed by atoms with Crippen molar-refractivity contribution in [1.82, 2.24) is 5.32 Å². The molecule has 0 aromatic heterocycles. The molecule has 0 aliphatic carbocycles. The molecule has 0 bridgehead atoms. The average Bonchev–Trinajstić information content (AvgIpc) is 2.44. The summed E-state index contributed by atoms with van der Waals surface area (Å²) in [4.78, 5) is 11.8. The van der Waals surface area contributed by atoms with Crippen LogP contribution in [0.25, 0.3) is 0 Å². The van der Waals surface area contributed by atoms with Crippen molar-refractivity contribution in [3.8, 4) is 0 Å². The first-order valence-electron chi connectivity index (χ1n) is 6.17. The number of carbonyl (C=O) groups excluding carboxylic acids is 1. The van der Waals surface area contributed by atoms with Crippen LogP contribution in [-0.4, -0.2) is 5.91 Å². The third-order valence-electron chi connectivity index (χ3n) is 2.94. The zero-order valence-corrected chi connectivity index (χ0v) is 11.0. The van der Waals surface area contributed by atoms with Crippen LogP contribution in [0, 0.1) is 11.6 Å². The van der Waals surface area contributed by atoms with E-state index in [-0.39, 0.29) is 5.56 Å². The van der Waals surface area contributed by atoms with E-state index in [1.54, 1.807) is 0 Å². The molecule has 0 radical (unpaired) electrons. The summed E-state index contributed by atoms with van der Waals surface area (Å²) < 4.78 is 64.5. The number of hydrogen-bond donors (Lipinski definition) is 1. The molecule has 116 valence electrons. The Kier molecular flexibility index (Phi) is 4.44. The molecule has 0 spiro atoms. The molecule has 22 heavy (non-hydrogen) atoms. The van der Waals surface area contributed by atoms with E-state index in [4.69, 9.17) is 0 Å². The first-order chi connectivity index (χ1) is 10.3. The lowest BCUT2D eigenvalue weighted by molar-refractivity contribution is -0.138. The van der Waals surface area contributed by atoms with Gasteiger partial charge in [0.05, 0.1) is 11.1 Å². The lowest BCUT2D eigenvalue weighted by atomic mass is 10.1. The molecule has 0 saturated carbocycles. The molecule has 2 aromatic carbocycles. The standard InChI is InChI=1S/C15H10F5NO/c16-10-5-6-11(13(17)7-10)14(22)21-8-9-3-1-2-4-12(9)15(18,19)20/h1-7H,8H2,(H,21,22). The molecule has 0 heterocycles. The Morgan fingerprint density at radius 2 is 1.73 bits per heavy atom. The summed E-state index contributed by atoms with van der Waals surface area (Å²) in [6.07, 6.45) is -4.55. The van der Waals surface area contributed by atoms with Gasteiger partial charge in [0.25, 0.3) is 5.91 Å². The van der Waals surface area contributed by atoms with Gasteiger partial charge in [-0.1, -0.05) is 18.2 Å². The monoisotopic (exact) mass is 315 g/mol. The van der Waals surface area contributed by atoms with E-state index in [2.05, 4.69) is 5.32 Å². The van der Waals surface area contributed by atoms with Crippen molar-refractivity contribution >= 4 is 5.91 Å². The summed E-state index contributed by atoms with van der Waals surface area (Å²) in [5, 5.41) is 2.19. The molecule has 2 aromatic rings. The van der Waals surface area contributed by atoms with Crippen LogP contribution in [0.15, 0.2) is 42.5 Å². The number of hydrogen-bond acceptors (Lipinski definition) is 1. The van der Waals surface area contributed by atoms with Gasteiger partial charge in [0.15, 0.2) is 0 Å². The highest BCUT2D eigenvalue weighted by Crippen LogP contribution is 2.31. The zero-order valence-electron chi connectivity index (χ0n) is 11.0. The maximum Gasteiger partial charge on any atom is 0.416 e. The smallest absolute Gasteiger partial charge is 0.348 e. The highest BCUT2D eigenvalue weighted by molar-refractivity contribution is 5.94. The molecule has 2 rings (SSSR count). The van der Waals surface area contributed by atoms with Crippen molar-refractivity contribution in [2.45, 2.75) is 12.7 Å². The van der Waals surface area contributed by atoms with E-state index in [9.17, 15) is 26.7 Å². The number of benzene rings is 2. The van der Waals surface area contributed by atoms with Gasteiger partial charge in [-0.25, -0.2) is 8.78 Å². The number of nitrogens with one attached hydrogen (secondary N) is 1. The fourth-order valence-corrected chi connectivity index (χ4v) is 1.90. The summed E-state index contributed by atoms with van der Waals surface area (Å²) in [6, 6.07) is 7.07. The van der Waals surface area contributed by atoms with Gasteiger partial charge in [-0.3, -0.25) is 4.79 Å². The van der Waals surface area contributed by atoms with Crippen molar-refractivity contribution in [3.05, 3.63) is 70.8 Å². The van der Waals surface area contributed by atoms with Crippen LogP contribution in [0.4, 0.5) is 22.0 Å². The molecule has 7 heteroatoms. The predicted molar refractivity (Wildman–Crippen MR) is 69.0 cm³/mol. The van der Waals surface area contributed by atoms with Crippen molar-refractivity contribution in [1.29, 1.82) is 0 Å². The fourth-order valence-electron chi connectivity index (χ4n) is 1.90. The molecule has 0 unspecified atom stereocenters. The first kappa shape index (κ1) is 15.9. The molecular formula is C15H10F5NO. The Morgan fingerprint density at radius 3 is 2.36 bits per heavy atom. The van der Waals surface area contributed by atoms with E-state index in [0.717, 1.165) is 18.2 Å². The van der Waals surface area contributed by atoms with Crippen LogP contribution in [0.5, 0.6) is 0 Å². The minimum Gasteiger partial charge on any atom is -0.348 e. The van der Waals surface area contributed by atoms with Gasteiger partial charge in [0, 0.05) is 12.6 Å². The minimum atomic E-state index is -4.55. The van der Waals surface area contributed by atoms with E-state index >= 15 is 0 Å². The Morgan fingerprint density at radius 1 is 1.05 bits per heavy atom. The second-order valence-electron chi connectivity index (χ2n) is 4.46. The topological polar surface area (TPSA) is 29.1 Å². The number of rotatable bonds is 3. The van der Waals surface area contributed by atoms with Gasteiger partial charge >= 0.3 is 6.18 Å². The number of halogens is 5.